The average molecular weight is 234 g/mol. The van der Waals surface area contributed by atoms with E-state index in [2.05, 4.69) is 28.2 Å². The van der Waals surface area contributed by atoms with E-state index < -0.39 is 0 Å². The van der Waals surface area contributed by atoms with Crippen LogP contribution in [0.2, 0.25) is 0 Å². The number of amides is 1. The lowest BCUT2D eigenvalue weighted by Gasteiger charge is -2.13. The molecule has 1 rings (SSSR count). The van der Waals surface area contributed by atoms with Crippen molar-refractivity contribution in [2.75, 3.05) is 0 Å². The van der Waals surface area contributed by atoms with Crippen molar-refractivity contribution in [3.05, 3.63) is 0 Å². The summed E-state index contributed by atoms with van der Waals surface area (Å²) in [6.45, 7) is 2.07. The van der Waals surface area contributed by atoms with Gasteiger partial charge in [-0.3, -0.25) is 4.79 Å². The summed E-state index contributed by atoms with van der Waals surface area (Å²) < 4.78 is 0. The molecule has 2 nitrogen and oxygen atoms in total. The third-order valence-electron chi connectivity index (χ3n) is 2.27. The molecule has 3 heteroatoms. The highest BCUT2D eigenvalue weighted by atomic mass is 79.9. The molecule has 70 valence electrons. The lowest BCUT2D eigenvalue weighted by atomic mass is 10.1. The third-order valence-corrected chi connectivity index (χ3v) is 3.14. The van der Waals surface area contributed by atoms with Gasteiger partial charge in [0.15, 0.2) is 0 Å². The molecule has 0 bridgehead atoms. The molecule has 2 unspecified atom stereocenters. The van der Waals surface area contributed by atoms with E-state index in [4.69, 9.17) is 0 Å². The summed E-state index contributed by atoms with van der Waals surface area (Å²) in [5.41, 5.74) is 0. The van der Waals surface area contributed by atoms with E-state index in [0.29, 0.717) is 6.04 Å². The van der Waals surface area contributed by atoms with Crippen molar-refractivity contribution in [2.24, 2.45) is 0 Å². The van der Waals surface area contributed by atoms with E-state index in [-0.39, 0.29) is 10.7 Å². The van der Waals surface area contributed by atoms with Gasteiger partial charge >= 0.3 is 0 Å². The molecule has 0 aromatic heterocycles. The van der Waals surface area contributed by atoms with E-state index >= 15 is 0 Å². The Morgan fingerprint density at radius 2 is 2.00 bits per heavy atom. The van der Waals surface area contributed by atoms with Gasteiger partial charge in [0.05, 0.1) is 4.83 Å². The van der Waals surface area contributed by atoms with Gasteiger partial charge in [0, 0.05) is 6.04 Å². The Morgan fingerprint density at radius 1 is 1.33 bits per heavy atom. The van der Waals surface area contributed by atoms with E-state index in [1.165, 1.54) is 12.8 Å². The molecule has 1 aliphatic rings. The fraction of sp³-hybridized carbons (Fsp3) is 0.889. The molecule has 2 atom stereocenters. The van der Waals surface area contributed by atoms with Crippen molar-refractivity contribution in [1.29, 1.82) is 0 Å². The number of halogens is 1. The highest BCUT2D eigenvalue weighted by molar-refractivity contribution is 9.10. The normalized spacial score (nSPS) is 33.0. The summed E-state index contributed by atoms with van der Waals surface area (Å²) >= 11 is 3.39. The zero-order chi connectivity index (χ0) is 8.97. The van der Waals surface area contributed by atoms with E-state index in [1.807, 2.05) is 0 Å². The van der Waals surface area contributed by atoms with Crippen LogP contribution in [-0.2, 0) is 4.79 Å². The van der Waals surface area contributed by atoms with Gasteiger partial charge < -0.3 is 5.32 Å². The molecule has 0 aromatic carbocycles. The van der Waals surface area contributed by atoms with Gasteiger partial charge in [0.1, 0.15) is 0 Å². The van der Waals surface area contributed by atoms with Crippen LogP contribution in [0.15, 0.2) is 0 Å². The number of hydrogen-bond acceptors (Lipinski definition) is 1. The maximum atomic E-state index is 11.4. The number of carbonyl (C=O) groups is 1. The summed E-state index contributed by atoms with van der Waals surface area (Å²) in [6.07, 6.45) is 5.74. The summed E-state index contributed by atoms with van der Waals surface area (Å²) in [4.78, 5) is 11.4. The van der Waals surface area contributed by atoms with Gasteiger partial charge in [-0.15, -0.1) is 0 Å². The van der Waals surface area contributed by atoms with Crippen LogP contribution in [0.5, 0.6) is 0 Å². The van der Waals surface area contributed by atoms with Crippen LogP contribution in [-0.4, -0.2) is 16.8 Å². The molecule has 1 heterocycles. The second kappa shape index (κ2) is 4.85. The lowest BCUT2D eigenvalue weighted by Crippen LogP contribution is -2.37. The van der Waals surface area contributed by atoms with Crippen LogP contribution < -0.4 is 5.32 Å². The zero-order valence-electron chi connectivity index (χ0n) is 7.48. The summed E-state index contributed by atoms with van der Waals surface area (Å²) in [7, 11) is 0. The predicted octanol–water partition coefficient (Wildman–Crippen LogP) is 2.22. The minimum atomic E-state index is 0.0260. The van der Waals surface area contributed by atoms with Crippen LogP contribution in [0.1, 0.15) is 39.0 Å². The average Bonchev–Trinajstić information content (AvgIpc) is 2.07. The molecule has 1 amide bonds. The first kappa shape index (κ1) is 10.0. The maximum absolute atomic E-state index is 11.4. The monoisotopic (exact) mass is 233 g/mol. The largest absolute Gasteiger partial charge is 0.353 e. The fourth-order valence-electron chi connectivity index (χ4n) is 1.49. The molecule has 1 aliphatic heterocycles. The smallest absolute Gasteiger partial charge is 0.233 e. The first-order valence-electron chi connectivity index (χ1n) is 4.64. The van der Waals surface area contributed by atoms with Gasteiger partial charge in [-0.05, 0) is 19.8 Å². The molecule has 0 saturated carbocycles. The number of nitrogens with one attached hydrogen (secondary N) is 1. The van der Waals surface area contributed by atoms with Gasteiger partial charge in [-0.2, -0.15) is 0 Å². The molecular formula is C9H16BrNO. The summed E-state index contributed by atoms with van der Waals surface area (Å²) in [5, 5.41) is 2.99. The standard InChI is InChI=1S/C9H16BrNO/c1-7-5-3-2-4-6-8(10)9(12)11-7/h7-8H,2-6H2,1H3,(H,11,12). The fourth-order valence-corrected chi connectivity index (χ4v) is 1.94. The van der Waals surface area contributed by atoms with Crippen LogP contribution in [0.3, 0.4) is 0 Å². The van der Waals surface area contributed by atoms with Gasteiger partial charge in [0.2, 0.25) is 5.91 Å². The molecule has 0 spiro atoms. The first-order chi connectivity index (χ1) is 5.70. The number of carbonyl (C=O) groups excluding carboxylic acids is 1. The number of alkyl halides is 1. The van der Waals surface area contributed by atoms with Gasteiger partial charge in [0.25, 0.3) is 0 Å². The number of hydrogen-bond donors (Lipinski definition) is 1. The Kier molecular flexibility index (Phi) is 4.06. The Balaban J connectivity index is 2.46. The Labute approximate surface area is 82.2 Å². The second-order valence-electron chi connectivity index (χ2n) is 3.52. The Bertz CT molecular complexity index is 161. The predicted molar refractivity (Wildman–Crippen MR) is 53.4 cm³/mol. The first-order valence-corrected chi connectivity index (χ1v) is 5.56. The van der Waals surface area contributed by atoms with Crippen molar-refractivity contribution in [3.63, 3.8) is 0 Å². The van der Waals surface area contributed by atoms with E-state index in [1.54, 1.807) is 0 Å². The minimum Gasteiger partial charge on any atom is -0.353 e. The van der Waals surface area contributed by atoms with E-state index in [0.717, 1.165) is 19.3 Å². The molecule has 12 heavy (non-hydrogen) atoms. The Morgan fingerprint density at radius 3 is 2.75 bits per heavy atom. The SMILES string of the molecule is CC1CCCCCC(Br)C(=O)N1. The minimum absolute atomic E-state index is 0.0260. The van der Waals surface area contributed by atoms with Crippen LogP contribution >= 0.6 is 15.9 Å². The van der Waals surface area contributed by atoms with Gasteiger partial charge in [-0.25, -0.2) is 0 Å². The van der Waals surface area contributed by atoms with Crippen LogP contribution in [0, 0.1) is 0 Å². The highest BCUT2D eigenvalue weighted by Gasteiger charge is 2.17. The summed E-state index contributed by atoms with van der Waals surface area (Å²) in [5.74, 6) is 0.157. The number of rotatable bonds is 0. The topological polar surface area (TPSA) is 29.1 Å². The molecule has 1 saturated heterocycles. The lowest BCUT2D eigenvalue weighted by molar-refractivity contribution is -0.121. The maximum Gasteiger partial charge on any atom is 0.233 e. The van der Waals surface area contributed by atoms with Crippen molar-refractivity contribution in [2.45, 2.75) is 49.9 Å². The Hall–Kier alpha value is -0.0500. The van der Waals surface area contributed by atoms with Crippen LogP contribution in [0.4, 0.5) is 0 Å². The quantitative estimate of drug-likeness (QED) is 0.640. The zero-order valence-corrected chi connectivity index (χ0v) is 9.06. The second-order valence-corrected chi connectivity index (χ2v) is 4.62. The molecule has 1 fully saturated rings. The van der Waals surface area contributed by atoms with Crippen molar-refractivity contribution >= 4 is 21.8 Å². The summed E-state index contributed by atoms with van der Waals surface area (Å²) in [6, 6.07) is 0.343. The van der Waals surface area contributed by atoms with Crippen molar-refractivity contribution in [1.82, 2.24) is 5.32 Å². The van der Waals surface area contributed by atoms with Gasteiger partial charge in [-0.1, -0.05) is 35.2 Å². The molecule has 0 radical (unpaired) electrons. The molecule has 1 N–H and O–H groups in total. The molecule has 0 aromatic rings. The van der Waals surface area contributed by atoms with Crippen LogP contribution in [0.25, 0.3) is 0 Å². The highest BCUT2D eigenvalue weighted by Crippen LogP contribution is 2.15. The third kappa shape index (κ3) is 3.13. The van der Waals surface area contributed by atoms with Crippen molar-refractivity contribution < 1.29 is 4.79 Å². The van der Waals surface area contributed by atoms with E-state index in [9.17, 15) is 4.79 Å². The van der Waals surface area contributed by atoms with Crippen molar-refractivity contribution in [3.8, 4) is 0 Å². The molecule has 0 aliphatic carbocycles. The molecular weight excluding hydrogens is 218 g/mol.